The number of amides is 2. The average Bonchev–Trinajstić information content (AvgIpc) is 3.40. The van der Waals surface area contributed by atoms with Crippen LogP contribution in [0.25, 0.3) is 11.1 Å². The van der Waals surface area contributed by atoms with Crippen molar-refractivity contribution in [2.45, 2.75) is 52.4 Å². The van der Waals surface area contributed by atoms with Crippen LogP contribution in [-0.4, -0.2) is 35.5 Å². The Kier molecular flexibility index (Phi) is 8.15. The zero-order valence-corrected chi connectivity index (χ0v) is 20.6. The van der Waals surface area contributed by atoms with Gasteiger partial charge in [-0.15, -0.1) is 0 Å². The van der Waals surface area contributed by atoms with Crippen molar-refractivity contribution in [2.75, 3.05) is 18.4 Å². The molecule has 5 heteroatoms. The Hall–Kier alpha value is -3.65. The second-order valence-electron chi connectivity index (χ2n) is 9.07. The third kappa shape index (κ3) is 6.08. The first-order valence-corrected chi connectivity index (χ1v) is 12.6. The van der Waals surface area contributed by atoms with Gasteiger partial charge in [-0.1, -0.05) is 62.2 Å². The number of piperidine rings is 1. The van der Waals surface area contributed by atoms with Crippen molar-refractivity contribution in [1.82, 2.24) is 4.90 Å². The molecule has 2 amide bonds. The molecule has 0 spiro atoms. The Morgan fingerprint density at radius 3 is 2.51 bits per heavy atom. The van der Waals surface area contributed by atoms with Crippen LogP contribution in [0.4, 0.5) is 5.69 Å². The number of anilines is 1. The molecule has 180 valence electrons. The second kappa shape index (κ2) is 11.7. The van der Waals surface area contributed by atoms with Crippen LogP contribution in [0.2, 0.25) is 0 Å². The largest absolute Gasteiger partial charge is 0.332 e. The van der Waals surface area contributed by atoms with E-state index in [2.05, 4.69) is 55.3 Å². The number of aryl methyl sites for hydroxylation is 1. The molecule has 0 unspecified atom stereocenters. The Labute approximate surface area is 208 Å². The van der Waals surface area contributed by atoms with Crippen LogP contribution in [-0.2, 0) is 16.0 Å². The normalized spacial score (nSPS) is 15.7. The maximum atomic E-state index is 13.0. The highest BCUT2D eigenvalue weighted by Gasteiger charge is 2.28. The van der Waals surface area contributed by atoms with E-state index >= 15 is 0 Å². The number of benzene rings is 2. The molecule has 0 saturated carbocycles. The van der Waals surface area contributed by atoms with Gasteiger partial charge < -0.3 is 10.2 Å². The maximum Gasteiger partial charge on any atom is 0.298 e. The molecule has 4 rings (SSSR count). The van der Waals surface area contributed by atoms with Gasteiger partial charge in [0.25, 0.3) is 11.8 Å². The fourth-order valence-electron chi connectivity index (χ4n) is 4.56. The number of rotatable bonds is 6. The molecule has 1 fully saturated rings. The predicted octanol–water partition coefficient (Wildman–Crippen LogP) is 5.63. The number of hydrogen-bond acceptors (Lipinski definition) is 3. The van der Waals surface area contributed by atoms with Crippen LogP contribution >= 0.6 is 0 Å². The summed E-state index contributed by atoms with van der Waals surface area (Å²) in [6, 6.07) is 16.3. The first-order valence-electron chi connectivity index (χ1n) is 12.6. The van der Waals surface area contributed by atoms with E-state index < -0.39 is 0 Å². The van der Waals surface area contributed by atoms with Crippen LogP contribution < -0.4 is 5.32 Å². The van der Waals surface area contributed by atoms with Gasteiger partial charge in [0, 0.05) is 48.8 Å². The summed E-state index contributed by atoms with van der Waals surface area (Å²) in [4.78, 5) is 31.8. The molecule has 2 aliphatic rings. The van der Waals surface area contributed by atoms with E-state index in [1.54, 1.807) is 0 Å². The molecule has 2 aromatic rings. The molecule has 0 radical (unpaired) electrons. The first-order chi connectivity index (χ1) is 17.1. The summed E-state index contributed by atoms with van der Waals surface area (Å²) >= 11 is 0. The number of carbonyl (C=O) groups is 2. The number of hydrogen-bond donors (Lipinski definition) is 1. The molecule has 0 aromatic heterocycles. The fourth-order valence-corrected chi connectivity index (χ4v) is 4.56. The van der Waals surface area contributed by atoms with Gasteiger partial charge in [-0.25, -0.2) is 0 Å². The molecule has 0 aliphatic carbocycles. The van der Waals surface area contributed by atoms with Crippen molar-refractivity contribution in [3.05, 3.63) is 65.9 Å². The molecule has 2 aliphatic heterocycles. The number of para-hydroxylation sites is 1. The maximum absolute atomic E-state index is 13.0. The van der Waals surface area contributed by atoms with E-state index in [0.29, 0.717) is 31.1 Å². The molecule has 2 heterocycles. The number of unbranched alkanes of at least 4 members (excludes halogenated alkanes) is 1. The lowest BCUT2D eigenvalue weighted by Gasteiger charge is -2.30. The molecule has 0 atom stereocenters. The zero-order valence-electron chi connectivity index (χ0n) is 20.6. The second-order valence-corrected chi connectivity index (χ2v) is 9.07. The highest BCUT2D eigenvalue weighted by atomic mass is 16.2. The van der Waals surface area contributed by atoms with E-state index in [-0.39, 0.29) is 11.8 Å². The lowest BCUT2D eigenvalue weighted by Crippen LogP contribution is -2.39. The van der Waals surface area contributed by atoms with Gasteiger partial charge in [0.2, 0.25) is 0 Å². The van der Waals surface area contributed by atoms with Gasteiger partial charge in [0.05, 0.1) is 0 Å². The number of nitrogens with zero attached hydrogens (tertiary/aromatic N) is 2. The van der Waals surface area contributed by atoms with E-state index in [4.69, 9.17) is 4.99 Å². The summed E-state index contributed by atoms with van der Waals surface area (Å²) in [5.41, 5.74) is 5.65. The third-order valence-corrected chi connectivity index (χ3v) is 6.67. The number of nitrogens with one attached hydrogen (secondary N) is 1. The summed E-state index contributed by atoms with van der Waals surface area (Å²) in [6.45, 7) is 5.57. The lowest BCUT2D eigenvalue weighted by atomic mass is 9.91. The fraction of sp³-hybridized carbons (Fsp3) is 0.367. The third-order valence-electron chi connectivity index (χ3n) is 6.67. The zero-order chi connectivity index (χ0) is 24.6. The number of aliphatic imine (C=N–C) groups is 1. The molecule has 0 bridgehead atoms. The van der Waals surface area contributed by atoms with Crippen LogP contribution in [0.15, 0.2) is 65.3 Å². The Bertz CT molecular complexity index is 1190. The van der Waals surface area contributed by atoms with Crippen molar-refractivity contribution in [1.29, 1.82) is 0 Å². The minimum absolute atomic E-state index is 0.0774. The Morgan fingerprint density at radius 1 is 1.06 bits per heavy atom. The quantitative estimate of drug-likeness (QED) is 0.560. The number of likely N-dealkylation sites (tertiary alicyclic amines) is 1. The van der Waals surface area contributed by atoms with E-state index in [1.165, 1.54) is 5.56 Å². The highest BCUT2D eigenvalue weighted by molar-refractivity contribution is 6.09. The van der Waals surface area contributed by atoms with Crippen molar-refractivity contribution < 1.29 is 9.59 Å². The molecule has 1 N–H and O–H groups in total. The van der Waals surface area contributed by atoms with Crippen LogP contribution in [0.5, 0.6) is 0 Å². The van der Waals surface area contributed by atoms with Crippen molar-refractivity contribution >= 4 is 23.2 Å². The molecular weight excluding hydrogens is 434 g/mol. The van der Waals surface area contributed by atoms with Gasteiger partial charge in [-0.2, -0.15) is 0 Å². The minimum Gasteiger partial charge on any atom is -0.332 e. The monoisotopic (exact) mass is 467 g/mol. The van der Waals surface area contributed by atoms with Gasteiger partial charge in [0.1, 0.15) is 5.70 Å². The van der Waals surface area contributed by atoms with Gasteiger partial charge >= 0.3 is 0 Å². The summed E-state index contributed by atoms with van der Waals surface area (Å²) in [5.74, 6) is 5.72. The van der Waals surface area contributed by atoms with E-state index in [0.717, 1.165) is 54.6 Å². The summed E-state index contributed by atoms with van der Waals surface area (Å²) < 4.78 is 0. The van der Waals surface area contributed by atoms with Gasteiger partial charge in [-0.05, 0) is 54.9 Å². The SMILES string of the molecule is CCCC#CC(=O)N1CCC(C2=NC(C(=O)Nc3ccccc3-c3ccc(CC)cc3)=CC2)CC1. The van der Waals surface area contributed by atoms with Gasteiger partial charge in [0.15, 0.2) is 0 Å². The standard InChI is InChI=1S/C30H33N3O2/c1-3-5-6-11-29(34)33-20-18-24(19-21-33)26-16-17-28(31-26)30(35)32-27-10-8-7-9-25(27)23-14-12-22(4-2)13-15-23/h7-10,12-15,17,24H,3-5,16,18-21H2,1-2H3,(H,32,35). The molecule has 5 nitrogen and oxygen atoms in total. The van der Waals surface area contributed by atoms with Crippen molar-refractivity contribution in [2.24, 2.45) is 10.9 Å². The Balaban J connectivity index is 1.37. The van der Waals surface area contributed by atoms with E-state index in [9.17, 15) is 9.59 Å². The lowest BCUT2D eigenvalue weighted by molar-refractivity contribution is -0.126. The number of carbonyl (C=O) groups excluding carboxylic acids is 2. The van der Waals surface area contributed by atoms with Crippen LogP contribution in [0, 0.1) is 17.8 Å². The van der Waals surface area contributed by atoms with Crippen LogP contribution in [0.3, 0.4) is 0 Å². The number of allylic oxidation sites excluding steroid dienone is 1. The Morgan fingerprint density at radius 2 is 1.80 bits per heavy atom. The minimum atomic E-state index is -0.184. The topological polar surface area (TPSA) is 61.8 Å². The molecule has 35 heavy (non-hydrogen) atoms. The summed E-state index contributed by atoms with van der Waals surface area (Å²) in [6.07, 6.45) is 7.04. The van der Waals surface area contributed by atoms with Gasteiger partial charge in [-0.3, -0.25) is 14.6 Å². The summed E-state index contributed by atoms with van der Waals surface area (Å²) in [7, 11) is 0. The summed E-state index contributed by atoms with van der Waals surface area (Å²) in [5, 5.41) is 3.07. The first kappa shape index (κ1) is 24.5. The van der Waals surface area contributed by atoms with Crippen molar-refractivity contribution in [3.63, 3.8) is 0 Å². The average molecular weight is 468 g/mol. The van der Waals surface area contributed by atoms with E-state index in [1.807, 2.05) is 35.2 Å². The smallest absolute Gasteiger partial charge is 0.298 e. The van der Waals surface area contributed by atoms with Crippen molar-refractivity contribution in [3.8, 4) is 23.0 Å². The molecule has 1 saturated heterocycles. The van der Waals surface area contributed by atoms with Crippen LogP contribution in [0.1, 0.15) is 51.5 Å². The molecule has 2 aromatic carbocycles. The molecular formula is C30H33N3O2. The predicted molar refractivity (Wildman–Crippen MR) is 142 cm³/mol. The highest BCUT2D eigenvalue weighted by Crippen LogP contribution is 2.30.